The Kier molecular flexibility index (Phi) is 3.09. The van der Waals surface area contributed by atoms with E-state index in [0.29, 0.717) is 17.8 Å². The van der Waals surface area contributed by atoms with Crippen molar-refractivity contribution in [2.45, 2.75) is 19.8 Å². The Morgan fingerprint density at radius 3 is 2.54 bits per heavy atom. The molecule has 0 saturated heterocycles. The number of allylic oxidation sites excluding steroid dienone is 3. The van der Waals surface area contributed by atoms with Crippen LogP contribution in [0.25, 0.3) is 0 Å². The van der Waals surface area contributed by atoms with E-state index in [1.807, 2.05) is 6.92 Å². The van der Waals surface area contributed by atoms with Crippen LogP contribution in [0.2, 0.25) is 0 Å². The molecule has 1 aliphatic rings. The van der Waals surface area contributed by atoms with Crippen molar-refractivity contribution in [1.82, 2.24) is 0 Å². The predicted octanol–water partition coefficient (Wildman–Crippen LogP) is 1.61. The molecule has 4 heteroatoms. The van der Waals surface area contributed by atoms with Gasteiger partial charge in [0.2, 0.25) is 12.2 Å². The lowest BCUT2D eigenvalue weighted by molar-refractivity contribution is 0.564. The van der Waals surface area contributed by atoms with Gasteiger partial charge in [0.05, 0.1) is 11.4 Å². The Hall–Kier alpha value is -1.76. The first kappa shape index (κ1) is 9.33. The van der Waals surface area contributed by atoms with Gasteiger partial charge in [-0.1, -0.05) is 0 Å². The Morgan fingerprint density at radius 1 is 1.23 bits per heavy atom. The number of isocyanates is 2. The Labute approximate surface area is 75.4 Å². The average Bonchev–Trinajstić information content (AvgIpc) is 2.12. The molecule has 0 aromatic heterocycles. The van der Waals surface area contributed by atoms with Crippen LogP contribution in [-0.2, 0) is 9.59 Å². The molecule has 0 radical (unpaired) electrons. The standard InChI is InChI=1S/C9H8N2O2/c1-7-2-3-8(10-5-12)4-9(7)11-6-13/h4H,2-3H2,1H3. The van der Waals surface area contributed by atoms with Crippen molar-refractivity contribution in [3.05, 3.63) is 23.0 Å². The molecule has 1 rings (SSSR count). The van der Waals surface area contributed by atoms with E-state index in [9.17, 15) is 9.59 Å². The molecular weight excluding hydrogens is 168 g/mol. The van der Waals surface area contributed by atoms with E-state index < -0.39 is 0 Å². The van der Waals surface area contributed by atoms with Crippen molar-refractivity contribution in [2.75, 3.05) is 0 Å². The summed E-state index contributed by atoms with van der Waals surface area (Å²) in [6.45, 7) is 1.88. The fourth-order valence-corrected chi connectivity index (χ4v) is 1.12. The lowest BCUT2D eigenvalue weighted by Gasteiger charge is -2.09. The first-order valence-corrected chi connectivity index (χ1v) is 3.84. The number of hydrogen-bond acceptors (Lipinski definition) is 4. The molecule has 0 heterocycles. The van der Waals surface area contributed by atoms with Gasteiger partial charge >= 0.3 is 0 Å². The monoisotopic (exact) mass is 176 g/mol. The quantitative estimate of drug-likeness (QED) is 0.474. The number of nitrogens with zero attached hydrogens (tertiary/aromatic N) is 2. The highest BCUT2D eigenvalue weighted by atomic mass is 16.1. The zero-order chi connectivity index (χ0) is 9.68. The first-order valence-electron chi connectivity index (χ1n) is 3.84. The summed E-state index contributed by atoms with van der Waals surface area (Å²) in [6, 6.07) is 0. The molecule has 0 unspecified atom stereocenters. The largest absolute Gasteiger partial charge is 0.240 e. The van der Waals surface area contributed by atoms with E-state index in [4.69, 9.17) is 0 Å². The summed E-state index contributed by atoms with van der Waals surface area (Å²) in [5.74, 6) is 0. The summed E-state index contributed by atoms with van der Waals surface area (Å²) in [7, 11) is 0. The minimum absolute atomic E-state index is 0.551. The summed E-state index contributed by atoms with van der Waals surface area (Å²) in [4.78, 5) is 27.0. The van der Waals surface area contributed by atoms with Crippen molar-refractivity contribution in [2.24, 2.45) is 9.98 Å². The third-order valence-corrected chi connectivity index (χ3v) is 1.85. The van der Waals surface area contributed by atoms with Crippen molar-refractivity contribution < 1.29 is 9.59 Å². The molecule has 0 aliphatic heterocycles. The van der Waals surface area contributed by atoms with Gasteiger partial charge in [0.15, 0.2) is 0 Å². The number of carbonyl (C=O) groups excluding carboxylic acids is 2. The Balaban J connectivity index is 3.03. The lowest BCUT2D eigenvalue weighted by Crippen LogP contribution is -1.94. The van der Waals surface area contributed by atoms with Gasteiger partial charge in [0.25, 0.3) is 0 Å². The second kappa shape index (κ2) is 4.31. The van der Waals surface area contributed by atoms with E-state index in [1.165, 1.54) is 12.2 Å². The molecule has 13 heavy (non-hydrogen) atoms. The molecule has 0 bridgehead atoms. The molecule has 66 valence electrons. The maximum atomic E-state index is 10.0. The van der Waals surface area contributed by atoms with Crippen molar-refractivity contribution in [3.63, 3.8) is 0 Å². The van der Waals surface area contributed by atoms with Crippen LogP contribution in [-0.4, -0.2) is 12.2 Å². The van der Waals surface area contributed by atoms with E-state index in [2.05, 4.69) is 9.98 Å². The summed E-state index contributed by atoms with van der Waals surface area (Å²) >= 11 is 0. The molecule has 4 nitrogen and oxygen atoms in total. The van der Waals surface area contributed by atoms with Crippen LogP contribution in [0.1, 0.15) is 19.8 Å². The molecule has 0 amide bonds. The maximum Gasteiger partial charge on any atom is 0.240 e. The Bertz CT molecular complexity index is 367. The maximum absolute atomic E-state index is 10.0. The minimum Gasteiger partial charge on any atom is -0.211 e. The van der Waals surface area contributed by atoms with Crippen molar-refractivity contribution in [1.29, 1.82) is 0 Å². The minimum atomic E-state index is 0.551. The van der Waals surface area contributed by atoms with Crippen LogP contribution in [0.15, 0.2) is 33.0 Å². The molecule has 1 aliphatic carbocycles. The second-order valence-electron chi connectivity index (χ2n) is 2.71. The molecule has 0 aromatic carbocycles. The van der Waals surface area contributed by atoms with E-state index >= 15 is 0 Å². The van der Waals surface area contributed by atoms with E-state index in [-0.39, 0.29) is 0 Å². The third kappa shape index (κ3) is 2.34. The highest BCUT2D eigenvalue weighted by molar-refractivity contribution is 5.45. The van der Waals surface area contributed by atoms with Gasteiger partial charge < -0.3 is 0 Å². The van der Waals surface area contributed by atoms with E-state index in [0.717, 1.165) is 12.0 Å². The third-order valence-electron chi connectivity index (χ3n) is 1.85. The normalized spacial score (nSPS) is 15.6. The molecular formula is C9H8N2O2. The van der Waals surface area contributed by atoms with Gasteiger partial charge in [-0.3, -0.25) is 0 Å². The number of rotatable bonds is 2. The predicted molar refractivity (Wildman–Crippen MR) is 46.3 cm³/mol. The zero-order valence-electron chi connectivity index (χ0n) is 7.20. The topological polar surface area (TPSA) is 58.9 Å². The van der Waals surface area contributed by atoms with Crippen molar-refractivity contribution in [3.8, 4) is 0 Å². The number of hydrogen-bond donors (Lipinski definition) is 0. The van der Waals surface area contributed by atoms with Gasteiger partial charge in [0, 0.05) is 0 Å². The van der Waals surface area contributed by atoms with Gasteiger partial charge in [0.1, 0.15) is 0 Å². The SMILES string of the molecule is CC1=C(N=C=O)C=C(N=C=O)CC1. The summed E-state index contributed by atoms with van der Waals surface area (Å²) in [5.41, 5.74) is 2.16. The fraction of sp³-hybridized carbons (Fsp3) is 0.333. The average molecular weight is 176 g/mol. The van der Waals surface area contributed by atoms with E-state index in [1.54, 1.807) is 6.08 Å². The zero-order valence-corrected chi connectivity index (χ0v) is 7.20. The molecule has 0 atom stereocenters. The summed E-state index contributed by atoms with van der Waals surface area (Å²) in [5, 5.41) is 0. The van der Waals surface area contributed by atoms with Crippen LogP contribution in [0, 0.1) is 0 Å². The molecule has 0 saturated carbocycles. The molecule has 0 fully saturated rings. The van der Waals surface area contributed by atoms with Crippen LogP contribution in [0.3, 0.4) is 0 Å². The highest BCUT2D eigenvalue weighted by Gasteiger charge is 2.08. The van der Waals surface area contributed by atoms with Crippen LogP contribution in [0.4, 0.5) is 0 Å². The summed E-state index contributed by atoms with van der Waals surface area (Å²) < 4.78 is 0. The van der Waals surface area contributed by atoms with Gasteiger partial charge in [-0.25, -0.2) is 9.59 Å². The van der Waals surface area contributed by atoms with Crippen molar-refractivity contribution >= 4 is 12.2 Å². The Morgan fingerprint density at radius 2 is 1.92 bits per heavy atom. The fourth-order valence-electron chi connectivity index (χ4n) is 1.12. The van der Waals surface area contributed by atoms with Crippen LogP contribution in [0.5, 0.6) is 0 Å². The molecule has 0 spiro atoms. The smallest absolute Gasteiger partial charge is 0.211 e. The molecule has 0 N–H and O–H groups in total. The first-order chi connectivity index (χ1) is 6.27. The van der Waals surface area contributed by atoms with Gasteiger partial charge in [-0.05, 0) is 31.4 Å². The van der Waals surface area contributed by atoms with Crippen LogP contribution >= 0.6 is 0 Å². The van der Waals surface area contributed by atoms with Gasteiger partial charge in [-0.15, -0.1) is 0 Å². The highest BCUT2D eigenvalue weighted by Crippen LogP contribution is 2.24. The van der Waals surface area contributed by atoms with Gasteiger partial charge in [-0.2, -0.15) is 9.98 Å². The van der Waals surface area contributed by atoms with Crippen LogP contribution < -0.4 is 0 Å². The summed E-state index contributed by atoms with van der Waals surface area (Å²) in [6.07, 6.45) is 5.98. The number of aliphatic imine (C=N–C) groups is 2. The lowest BCUT2D eigenvalue weighted by atomic mass is 10.0. The molecule has 0 aromatic rings. The second-order valence-corrected chi connectivity index (χ2v) is 2.71.